The maximum Gasteiger partial charge on any atom is 0.239 e. The van der Waals surface area contributed by atoms with Crippen molar-refractivity contribution in [2.24, 2.45) is 5.73 Å². The molecular weight excluding hydrogens is 220 g/mol. The lowest BCUT2D eigenvalue weighted by Crippen LogP contribution is -2.51. The van der Waals surface area contributed by atoms with Gasteiger partial charge in [-0.05, 0) is 13.3 Å². The maximum atomic E-state index is 11.7. The summed E-state index contributed by atoms with van der Waals surface area (Å²) in [7, 11) is 0. The van der Waals surface area contributed by atoms with Crippen molar-refractivity contribution in [3.8, 4) is 0 Å². The van der Waals surface area contributed by atoms with Gasteiger partial charge in [0.15, 0.2) is 5.82 Å². The lowest BCUT2D eigenvalue weighted by molar-refractivity contribution is -0.126. The quantitative estimate of drug-likeness (QED) is 0.757. The maximum absolute atomic E-state index is 11.7. The molecule has 0 aromatic carbocycles. The molecule has 0 aliphatic carbocycles. The number of aryl methyl sites for hydroxylation is 1. The Bertz CT molecular complexity index is 373. The lowest BCUT2D eigenvalue weighted by atomic mass is 9.96. The molecule has 1 heterocycles. The van der Waals surface area contributed by atoms with E-state index < -0.39 is 5.54 Å². The van der Waals surface area contributed by atoms with Gasteiger partial charge in [0, 0.05) is 19.9 Å². The summed E-state index contributed by atoms with van der Waals surface area (Å²) in [6.07, 6.45) is 2.09. The first kappa shape index (κ1) is 13.6. The molecule has 6 heteroatoms. The zero-order valence-corrected chi connectivity index (χ0v) is 10.6. The van der Waals surface area contributed by atoms with Gasteiger partial charge in [0.2, 0.25) is 11.8 Å². The van der Waals surface area contributed by atoms with E-state index in [4.69, 9.17) is 10.3 Å². The van der Waals surface area contributed by atoms with E-state index in [1.807, 2.05) is 6.92 Å². The van der Waals surface area contributed by atoms with Crippen molar-refractivity contribution < 1.29 is 9.32 Å². The van der Waals surface area contributed by atoms with E-state index in [0.29, 0.717) is 31.1 Å². The van der Waals surface area contributed by atoms with Crippen LogP contribution in [0.15, 0.2) is 4.52 Å². The van der Waals surface area contributed by atoms with Crippen LogP contribution >= 0.6 is 0 Å². The Kier molecular flexibility index (Phi) is 4.62. The summed E-state index contributed by atoms with van der Waals surface area (Å²) in [5.41, 5.74) is 5.09. The predicted octanol–water partition coefficient (Wildman–Crippen LogP) is 0.554. The second-order valence-electron chi connectivity index (χ2n) is 4.40. The number of amides is 1. The highest BCUT2D eigenvalue weighted by atomic mass is 16.5. The van der Waals surface area contributed by atoms with Gasteiger partial charge in [0.05, 0.1) is 5.54 Å². The molecule has 0 saturated carbocycles. The highest BCUT2D eigenvalue weighted by Crippen LogP contribution is 2.08. The summed E-state index contributed by atoms with van der Waals surface area (Å²) in [5.74, 6) is 0.984. The summed E-state index contributed by atoms with van der Waals surface area (Å²) >= 11 is 0. The molecule has 1 amide bonds. The van der Waals surface area contributed by atoms with Crippen LogP contribution in [0.2, 0.25) is 0 Å². The zero-order chi connectivity index (χ0) is 12.9. The van der Waals surface area contributed by atoms with Crippen molar-refractivity contribution >= 4 is 5.91 Å². The Hall–Kier alpha value is -1.43. The topological polar surface area (TPSA) is 94.0 Å². The summed E-state index contributed by atoms with van der Waals surface area (Å²) in [6.45, 7) is 5.94. The third-order valence-corrected chi connectivity index (χ3v) is 2.49. The Morgan fingerprint density at radius 2 is 2.29 bits per heavy atom. The van der Waals surface area contributed by atoms with Crippen LogP contribution in [-0.4, -0.2) is 28.1 Å². The van der Waals surface area contributed by atoms with Gasteiger partial charge in [-0.25, -0.2) is 0 Å². The molecule has 0 spiro atoms. The summed E-state index contributed by atoms with van der Waals surface area (Å²) < 4.78 is 4.83. The number of rotatable bonds is 6. The first-order chi connectivity index (χ1) is 7.95. The van der Waals surface area contributed by atoms with Gasteiger partial charge in [0.25, 0.3) is 0 Å². The van der Waals surface area contributed by atoms with E-state index in [1.165, 1.54) is 0 Å². The van der Waals surface area contributed by atoms with Crippen LogP contribution in [0, 0.1) is 6.92 Å². The molecule has 0 fully saturated rings. The highest BCUT2D eigenvalue weighted by Gasteiger charge is 2.26. The molecule has 1 aromatic heterocycles. The van der Waals surface area contributed by atoms with Crippen molar-refractivity contribution in [2.45, 2.75) is 45.6 Å². The summed E-state index contributed by atoms with van der Waals surface area (Å²) in [4.78, 5) is 15.8. The van der Waals surface area contributed by atoms with Crippen LogP contribution in [0.3, 0.4) is 0 Å². The van der Waals surface area contributed by atoms with Crippen LogP contribution in [0.4, 0.5) is 0 Å². The minimum Gasteiger partial charge on any atom is -0.354 e. The Labute approximate surface area is 101 Å². The number of nitrogens with two attached hydrogens (primary N) is 1. The molecule has 0 aliphatic rings. The Balaban J connectivity index is 2.33. The van der Waals surface area contributed by atoms with Gasteiger partial charge < -0.3 is 15.6 Å². The SMILES string of the molecule is CCCC(C)(N)C(=O)NCCc1noc(C)n1. The fraction of sp³-hybridized carbons (Fsp3) is 0.727. The first-order valence-electron chi connectivity index (χ1n) is 5.82. The fourth-order valence-electron chi connectivity index (χ4n) is 1.57. The van der Waals surface area contributed by atoms with E-state index in [-0.39, 0.29) is 5.91 Å². The molecule has 0 bridgehead atoms. The predicted molar refractivity (Wildman–Crippen MR) is 63.2 cm³/mol. The molecule has 6 nitrogen and oxygen atoms in total. The third-order valence-electron chi connectivity index (χ3n) is 2.49. The third kappa shape index (κ3) is 4.14. The molecule has 1 atom stereocenters. The molecule has 96 valence electrons. The number of hydrogen-bond acceptors (Lipinski definition) is 5. The first-order valence-corrected chi connectivity index (χ1v) is 5.82. The minimum absolute atomic E-state index is 0.139. The molecule has 1 unspecified atom stereocenters. The van der Waals surface area contributed by atoms with Gasteiger partial charge in [-0.3, -0.25) is 4.79 Å². The average Bonchev–Trinajstić information content (AvgIpc) is 2.64. The minimum atomic E-state index is -0.804. The largest absolute Gasteiger partial charge is 0.354 e. The number of carbonyl (C=O) groups is 1. The van der Waals surface area contributed by atoms with E-state index in [1.54, 1.807) is 13.8 Å². The molecular formula is C11H20N4O2. The highest BCUT2D eigenvalue weighted by molar-refractivity contribution is 5.85. The zero-order valence-electron chi connectivity index (χ0n) is 10.6. The van der Waals surface area contributed by atoms with E-state index >= 15 is 0 Å². The molecule has 0 radical (unpaired) electrons. The molecule has 0 saturated heterocycles. The summed E-state index contributed by atoms with van der Waals surface area (Å²) in [5, 5.41) is 6.52. The monoisotopic (exact) mass is 240 g/mol. The van der Waals surface area contributed by atoms with Crippen LogP contribution in [0.5, 0.6) is 0 Å². The summed E-state index contributed by atoms with van der Waals surface area (Å²) in [6, 6.07) is 0. The van der Waals surface area contributed by atoms with Crippen molar-refractivity contribution in [3.05, 3.63) is 11.7 Å². The number of nitrogens with zero attached hydrogens (tertiary/aromatic N) is 2. The van der Waals surface area contributed by atoms with Gasteiger partial charge in [0.1, 0.15) is 0 Å². The van der Waals surface area contributed by atoms with Gasteiger partial charge in [-0.15, -0.1) is 0 Å². The Morgan fingerprint density at radius 3 is 2.82 bits per heavy atom. The lowest BCUT2D eigenvalue weighted by Gasteiger charge is -2.22. The number of nitrogens with one attached hydrogen (secondary N) is 1. The van der Waals surface area contributed by atoms with E-state index in [0.717, 1.165) is 6.42 Å². The standard InChI is InChI=1S/C11H20N4O2/c1-4-6-11(3,12)10(16)13-7-5-9-14-8(2)17-15-9/h4-7,12H2,1-3H3,(H,13,16). The average molecular weight is 240 g/mol. The number of aromatic nitrogens is 2. The van der Waals surface area contributed by atoms with Crippen molar-refractivity contribution in [3.63, 3.8) is 0 Å². The van der Waals surface area contributed by atoms with E-state index in [2.05, 4.69) is 15.5 Å². The van der Waals surface area contributed by atoms with Crippen molar-refractivity contribution in [1.29, 1.82) is 0 Å². The van der Waals surface area contributed by atoms with Gasteiger partial charge in [-0.1, -0.05) is 18.5 Å². The van der Waals surface area contributed by atoms with Crippen molar-refractivity contribution in [2.75, 3.05) is 6.54 Å². The molecule has 1 rings (SSSR count). The van der Waals surface area contributed by atoms with Crippen LogP contribution in [-0.2, 0) is 11.2 Å². The fourth-order valence-corrected chi connectivity index (χ4v) is 1.57. The van der Waals surface area contributed by atoms with Crippen molar-refractivity contribution in [1.82, 2.24) is 15.5 Å². The second kappa shape index (κ2) is 5.77. The smallest absolute Gasteiger partial charge is 0.239 e. The molecule has 17 heavy (non-hydrogen) atoms. The number of hydrogen-bond donors (Lipinski definition) is 2. The Morgan fingerprint density at radius 1 is 1.59 bits per heavy atom. The van der Waals surface area contributed by atoms with Crippen LogP contribution in [0.1, 0.15) is 38.4 Å². The van der Waals surface area contributed by atoms with Gasteiger partial charge in [-0.2, -0.15) is 4.98 Å². The van der Waals surface area contributed by atoms with Crippen LogP contribution < -0.4 is 11.1 Å². The van der Waals surface area contributed by atoms with E-state index in [9.17, 15) is 4.79 Å². The van der Waals surface area contributed by atoms with Crippen LogP contribution in [0.25, 0.3) is 0 Å². The molecule has 3 N–H and O–H groups in total. The normalized spacial score (nSPS) is 14.4. The number of carbonyl (C=O) groups excluding carboxylic acids is 1. The molecule has 1 aromatic rings. The second-order valence-corrected chi connectivity index (χ2v) is 4.40. The molecule has 0 aliphatic heterocycles. The van der Waals surface area contributed by atoms with Gasteiger partial charge >= 0.3 is 0 Å².